The number of hydrogen-bond acceptors (Lipinski definition) is 3. The molecule has 0 radical (unpaired) electrons. The third-order valence-corrected chi connectivity index (χ3v) is 2.42. The molecule has 17 heavy (non-hydrogen) atoms. The Hall–Kier alpha value is -1.68. The molecule has 0 aromatic heterocycles. The smallest absolute Gasteiger partial charge is 0.240 e. The summed E-state index contributed by atoms with van der Waals surface area (Å²) in [6.07, 6.45) is 0. The summed E-state index contributed by atoms with van der Waals surface area (Å²) < 4.78 is 26.4. The molecular formula is C10H8BrF2N3O. The van der Waals surface area contributed by atoms with E-state index in [1.54, 1.807) is 6.07 Å². The molecule has 0 unspecified atom stereocenters. The molecule has 0 aliphatic carbocycles. The number of rotatable bonds is 4. The first kappa shape index (κ1) is 13.4. The number of amides is 1. The van der Waals surface area contributed by atoms with Crippen LogP contribution >= 0.6 is 15.9 Å². The summed E-state index contributed by atoms with van der Waals surface area (Å²) in [6, 6.07) is 3.63. The molecule has 0 saturated carbocycles. The third-order valence-electron chi connectivity index (χ3n) is 1.81. The van der Waals surface area contributed by atoms with E-state index in [1.165, 1.54) is 0 Å². The van der Waals surface area contributed by atoms with Crippen molar-refractivity contribution < 1.29 is 13.6 Å². The molecule has 0 spiro atoms. The highest BCUT2D eigenvalue weighted by Gasteiger charge is 2.09. The van der Waals surface area contributed by atoms with Gasteiger partial charge < -0.3 is 10.6 Å². The van der Waals surface area contributed by atoms with E-state index in [-0.39, 0.29) is 23.2 Å². The summed E-state index contributed by atoms with van der Waals surface area (Å²) >= 11 is 2.84. The Labute approximate surface area is 105 Å². The van der Waals surface area contributed by atoms with Crippen LogP contribution in [0.2, 0.25) is 0 Å². The topological polar surface area (TPSA) is 64.9 Å². The maximum atomic E-state index is 13.3. The lowest BCUT2D eigenvalue weighted by molar-refractivity contribution is -0.119. The van der Waals surface area contributed by atoms with Gasteiger partial charge in [0.2, 0.25) is 5.91 Å². The van der Waals surface area contributed by atoms with Gasteiger partial charge in [-0.1, -0.05) is 0 Å². The van der Waals surface area contributed by atoms with Crippen molar-refractivity contribution >= 4 is 27.5 Å². The zero-order valence-electron chi connectivity index (χ0n) is 8.56. The van der Waals surface area contributed by atoms with Gasteiger partial charge in [-0.2, -0.15) is 5.26 Å². The molecule has 7 heteroatoms. The summed E-state index contributed by atoms with van der Waals surface area (Å²) in [6.45, 7) is -0.364. The van der Waals surface area contributed by atoms with Gasteiger partial charge in [-0.15, -0.1) is 0 Å². The van der Waals surface area contributed by atoms with E-state index in [0.29, 0.717) is 0 Å². The van der Waals surface area contributed by atoms with Gasteiger partial charge in [0.15, 0.2) is 0 Å². The molecular weight excluding hydrogens is 296 g/mol. The van der Waals surface area contributed by atoms with Crippen LogP contribution in [0.25, 0.3) is 0 Å². The molecule has 0 atom stereocenters. The van der Waals surface area contributed by atoms with Gasteiger partial charge >= 0.3 is 0 Å². The lowest BCUT2D eigenvalue weighted by Gasteiger charge is -2.07. The second-order valence-corrected chi connectivity index (χ2v) is 3.89. The average Bonchev–Trinajstić information content (AvgIpc) is 2.29. The van der Waals surface area contributed by atoms with Gasteiger partial charge in [0, 0.05) is 6.07 Å². The maximum Gasteiger partial charge on any atom is 0.240 e. The van der Waals surface area contributed by atoms with Crippen molar-refractivity contribution in [1.29, 1.82) is 5.26 Å². The van der Waals surface area contributed by atoms with Crippen LogP contribution in [0.5, 0.6) is 0 Å². The molecule has 4 nitrogen and oxygen atoms in total. The van der Waals surface area contributed by atoms with E-state index in [0.717, 1.165) is 12.1 Å². The fourth-order valence-electron chi connectivity index (χ4n) is 1.03. The Balaban J connectivity index is 2.61. The van der Waals surface area contributed by atoms with Crippen LogP contribution in [0.3, 0.4) is 0 Å². The molecule has 1 aromatic carbocycles. The summed E-state index contributed by atoms with van der Waals surface area (Å²) in [5.41, 5.74) is -0.113. The van der Waals surface area contributed by atoms with Crippen LogP contribution in [0, 0.1) is 23.0 Å². The van der Waals surface area contributed by atoms with Gasteiger partial charge in [0.25, 0.3) is 0 Å². The SMILES string of the molecule is N#CCNC(=O)CNc1cc(F)c(Br)cc1F. The Morgan fingerprint density at radius 3 is 2.76 bits per heavy atom. The molecule has 0 saturated heterocycles. The lowest BCUT2D eigenvalue weighted by atomic mass is 10.3. The number of nitrogens with one attached hydrogen (secondary N) is 2. The number of hydrogen-bond donors (Lipinski definition) is 2. The van der Waals surface area contributed by atoms with E-state index in [9.17, 15) is 13.6 Å². The second-order valence-electron chi connectivity index (χ2n) is 3.03. The molecule has 0 bridgehead atoms. The number of carbonyl (C=O) groups excluding carboxylic acids is 1. The monoisotopic (exact) mass is 303 g/mol. The van der Waals surface area contributed by atoms with E-state index in [1.807, 2.05) is 0 Å². The minimum absolute atomic E-state index is 0.00878. The first-order chi connectivity index (χ1) is 8.04. The summed E-state index contributed by atoms with van der Waals surface area (Å²) in [4.78, 5) is 11.1. The van der Waals surface area contributed by atoms with Gasteiger partial charge in [-0.25, -0.2) is 8.78 Å². The quantitative estimate of drug-likeness (QED) is 0.658. The van der Waals surface area contributed by atoms with Crippen molar-refractivity contribution in [3.8, 4) is 6.07 Å². The normalized spacial score (nSPS) is 9.53. The number of nitrogens with zero attached hydrogens (tertiary/aromatic N) is 1. The minimum Gasteiger partial charge on any atom is -0.374 e. The third kappa shape index (κ3) is 4.00. The fraction of sp³-hybridized carbons (Fsp3) is 0.200. The summed E-state index contributed by atoms with van der Waals surface area (Å²) in [5.74, 6) is -1.79. The molecule has 1 amide bonds. The van der Waals surface area contributed by atoms with Crippen molar-refractivity contribution in [2.45, 2.75) is 0 Å². The molecule has 0 aliphatic rings. The second kappa shape index (κ2) is 6.15. The molecule has 0 aliphatic heterocycles. The molecule has 0 fully saturated rings. The molecule has 2 N–H and O–H groups in total. The highest BCUT2D eigenvalue weighted by molar-refractivity contribution is 9.10. The van der Waals surface area contributed by atoms with Gasteiger partial charge in [-0.05, 0) is 22.0 Å². The number of halogens is 3. The lowest BCUT2D eigenvalue weighted by Crippen LogP contribution is -2.30. The average molecular weight is 304 g/mol. The van der Waals surface area contributed by atoms with Crippen molar-refractivity contribution in [3.05, 3.63) is 28.2 Å². The highest BCUT2D eigenvalue weighted by Crippen LogP contribution is 2.22. The van der Waals surface area contributed by atoms with Crippen LogP contribution < -0.4 is 10.6 Å². The Morgan fingerprint density at radius 1 is 1.41 bits per heavy atom. The molecule has 0 heterocycles. The first-order valence-electron chi connectivity index (χ1n) is 4.56. The van der Waals surface area contributed by atoms with Crippen molar-refractivity contribution in [2.75, 3.05) is 18.4 Å². The Bertz CT molecular complexity index is 473. The first-order valence-corrected chi connectivity index (χ1v) is 5.36. The molecule has 90 valence electrons. The predicted molar refractivity (Wildman–Crippen MR) is 61.2 cm³/mol. The van der Waals surface area contributed by atoms with Crippen molar-refractivity contribution in [2.24, 2.45) is 0 Å². The highest BCUT2D eigenvalue weighted by atomic mass is 79.9. The Kier molecular flexibility index (Phi) is 4.84. The predicted octanol–water partition coefficient (Wildman–Crippen LogP) is 1.78. The number of anilines is 1. The molecule has 1 aromatic rings. The van der Waals surface area contributed by atoms with E-state index in [4.69, 9.17) is 5.26 Å². The number of nitriles is 1. The zero-order chi connectivity index (χ0) is 12.8. The van der Waals surface area contributed by atoms with E-state index >= 15 is 0 Å². The van der Waals surface area contributed by atoms with E-state index in [2.05, 4.69) is 26.6 Å². The molecule has 1 rings (SSSR count). The zero-order valence-corrected chi connectivity index (χ0v) is 10.1. The summed E-state index contributed by atoms with van der Waals surface area (Å²) in [5, 5.41) is 12.9. The van der Waals surface area contributed by atoms with Crippen LogP contribution in [0.4, 0.5) is 14.5 Å². The van der Waals surface area contributed by atoms with Crippen LogP contribution in [0.15, 0.2) is 16.6 Å². The van der Waals surface area contributed by atoms with Gasteiger partial charge in [0.05, 0.1) is 22.8 Å². The van der Waals surface area contributed by atoms with Crippen molar-refractivity contribution in [3.63, 3.8) is 0 Å². The van der Waals surface area contributed by atoms with E-state index < -0.39 is 17.5 Å². The van der Waals surface area contributed by atoms with Crippen LogP contribution in [0.1, 0.15) is 0 Å². The minimum atomic E-state index is -0.675. The standard InChI is InChI=1S/C10H8BrF2N3O/c11-6-3-8(13)9(4-7(6)12)16-5-10(17)15-2-1-14/h3-4,16H,2,5H2,(H,15,17). The van der Waals surface area contributed by atoms with Gasteiger partial charge in [0.1, 0.15) is 18.2 Å². The van der Waals surface area contributed by atoms with Crippen LogP contribution in [-0.4, -0.2) is 19.0 Å². The summed E-state index contributed by atoms with van der Waals surface area (Å²) in [7, 11) is 0. The maximum absolute atomic E-state index is 13.3. The van der Waals surface area contributed by atoms with Crippen LogP contribution in [-0.2, 0) is 4.79 Å². The number of benzene rings is 1. The largest absolute Gasteiger partial charge is 0.374 e. The number of carbonyl (C=O) groups is 1. The van der Waals surface area contributed by atoms with Crippen molar-refractivity contribution in [1.82, 2.24) is 5.32 Å². The fourth-order valence-corrected chi connectivity index (χ4v) is 1.35. The van der Waals surface area contributed by atoms with Gasteiger partial charge in [-0.3, -0.25) is 4.79 Å². The Morgan fingerprint density at radius 2 is 2.12 bits per heavy atom.